The molecule has 0 saturated carbocycles. The van der Waals surface area contributed by atoms with Crippen molar-refractivity contribution in [2.75, 3.05) is 32.9 Å². The van der Waals surface area contributed by atoms with Crippen molar-refractivity contribution in [1.29, 1.82) is 0 Å². The van der Waals surface area contributed by atoms with Crippen molar-refractivity contribution in [3.05, 3.63) is 52.0 Å². The van der Waals surface area contributed by atoms with E-state index in [0.29, 0.717) is 18.8 Å². The van der Waals surface area contributed by atoms with Gasteiger partial charge in [0.2, 0.25) is 0 Å². The summed E-state index contributed by atoms with van der Waals surface area (Å²) in [5.74, 6) is 0.709. The van der Waals surface area contributed by atoms with Crippen molar-refractivity contribution in [3.63, 3.8) is 0 Å². The average Bonchev–Trinajstić information content (AvgIpc) is 3.27. The van der Waals surface area contributed by atoms with E-state index in [4.69, 9.17) is 9.47 Å². The van der Waals surface area contributed by atoms with E-state index in [2.05, 4.69) is 22.1 Å². The van der Waals surface area contributed by atoms with Crippen molar-refractivity contribution in [1.82, 2.24) is 15.2 Å². The third-order valence-corrected chi connectivity index (χ3v) is 6.31. The lowest BCUT2D eigenvalue weighted by atomic mass is 10.2. The fourth-order valence-electron chi connectivity index (χ4n) is 3.66. The smallest absolute Gasteiger partial charge is 0.268 e. The molecule has 29 heavy (non-hydrogen) atoms. The molecule has 3 aromatic rings. The van der Waals surface area contributed by atoms with Crippen molar-refractivity contribution < 1.29 is 14.3 Å². The highest BCUT2D eigenvalue weighted by molar-refractivity contribution is 7.19. The fraction of sp³-hybridized carbons (Fsp3) is 0.409. The highest BCUT2D eigenvalue weighted by Crippen LogP contribution is 2.32. The lowest BCUT2D eigenvalue weighted by molar-refractivity contribution is 0.0343. The summed E-state index contributed by atoms with van der Waals surface area (Å²) in [6.45, 7) is 9.50. The molecule has 1 saturated heterocycles. The van der Waals surface area contributed by atoms with Crippen molar-refractivity contribution in [2.24, 2.45) is 0 Å². The van der Waals surface area contributed by atoms with Crippen LogP contribution in [0.3, 0.4) is 0 Å². The number of ether oxygens (including phenoxy) is 2. The number of morpholine rings is 1. The number of hydrogen-bond donors (Lipinski definition) is 2. The van der Waals surface area contributed by atoms with Crippen LogP contribution in [0.4, 0.5) is 0 Å². The van der Waals surface area contributed by atoms with E-state index in [0.717, 1.165) is 54.4 Å². The number of thiophene rings is 1. The van der Waals surface area contributed by atoms with Gasteiger partial charge in [0.15, 0.2) is 0 Å². The monoisotopic (exact) mass is 413 g/mol. The van der Waals surface area contributed by atoms with Gasteiger partial charge in [-0.3, -0.25) is 9.69 Å². The van der Waals surface area contributed by atoms with Crippen LogP contribution in [0.2, 0.25) is 0 Å². The Balaban J connectivity index is 1.47. The minimum absolute atomic E-state index is 0.102. The number of rotatable bonds is 7. The Hall–Kier alpha value is -2.35. The van der Waals surface area contributed by atoms with Gasteiger partial charge in [-0.25, -0.2) is 0 Å². The van der Waals surface area contributed by atoms with E-state index < -0.39 is 0 Å². The number of para-hydroxylation sites is 1. The van der Waals surface area contributed by atoms with Gasteiger partial charge in [0.1, 0.15) is 11.4 Å². The first kappa shape index (κ1) is 19.9. The van der Waals surface area contributed by atoms with Crippen LogP contribution in [0.5, 0.6) is 5.75 Å². The SMILES string of the molecule is CCOc1ccccc1CNC(=O)c1cc2sc(C)c(CN3CCOCC3)c2[nH]1. The summed E-state index contributed by atoms with van der Waals surface area (Å²) in [6, 6.07) is 9.75. The second-order valence-corrected chi connectivity index (χ2v) is 8.43. The van der Waals surface area contributed by atoms with Crippen LogP contribution in [-0.4, -0.2) is 48.7 Å². The maximum atomic E-state index is 12.7. The Kier molecular flexibility index (Phi) is 6.18. The second kappa shape index (κ2) is 8.98. The highest BCUT2D eigenvalue weighted by Gasteiger charge is 2.19. The maximum Gasteiger partial charge on any atom is 0.268 e. The van der Waals surface area contributed by atoms with E-state index in [-0.39, 0.29) is 5.91 Å². The molecule has 2 aromatic heterocycles. The molecule has 6 nitrogen and oxygen atoms in total. The molecule has 0 unspecified atom stereocenters. The van der Waals surface area contributed by atoms with Gasteiger partial charge in [0.25, 0.3) is 5.91 Å². The molecule has 4 rings (SSSR count). The number of aryl methyl sites for hydroxylation is 1. The molecule has 1 fully saturated rings. The average molecular weight is 414 g/mol. The molecule has 154 valence electrons. The molecule has 0 radical (unpaired) electrons. The quantitative estimate of drug-likeness (QED) is 0.620. The van der Waals surface area contributed by atoms with E-state index in [1.165, 1.54) is 10.4 Å². The van der Waals surface area contributed by atoms with Gasteiger partial charge in [-0.05, 0) is 26.0 Å². The van der Waals surface area contributed by atoms with Crippen molar-refractivity contribution >= 4 is 27.5 Å². The Morgan fingerprint density at radius 3 is 2.90 bits per heavy atom. The first-order valence-electron chi connectivity index (χ1n) is 10.1. The first-order valence-corrected chi connectivity index (χ1v) is 10.9. The Labute approximate surface area is 174 Å². The van der Waals surface area contributed by atoms with Crippen LogP contribution in [0.25, 0.3) is 10.2 Å². The molecule has 7 heteroatoms. The van der Waals surface area contributed by atoms with Crippen LogP contribution in [0, 0.1) is 6.92 Å². The topological polar surface area (TPSA) is 66.6 Å². The molecule has 1 amide bonds. The van der Waals surface area contributed by atoms with E-state index >= 15 is 0 Å². The normalized spacial score (nSPS) is 15.0. The number of nitrogens with zero attached hydrogens (tertiary/aromatic N) is 1. The van der Waals surface area contributed by atoms with Crippen LogP contribution < -0.4 is 10.1 Å². The molecular formula is C22H27N3O3S. The van der Waals surface area contributed by atoms with Gasteiger partial charge in [-0.15, -0.1) is 11.3 Å². The summed E-state index contributed by atoms with van der Waals surface area (Å²) < 4.78 is 12.2. The largest absolute Gasteiger partial charge is 0.494 e. The molecule has 0 atom stereocenters. The summed E-state index contributed by atoms with van der Waals surface area (Å²) >= 11 is 1.74. The third kappa shape index (κ3) is 4.47. The van der Waals surface area contributed by atoms with Crippen LogP contribution in [-0.2, 0) is 17.8 Å². The molecule has 1 aromatic carbocycles. The first-order chi connectivity index (χ1) is 14.2. The number of benzene rings is 1. The minimum Gasteiger partial charge on any atom is -0.494 e. The van der Waals surface area contributed by atoms with Gasteiger partial charge in [0, 0.05) is 42.2 Å². The summed E-state index contributed by atoms with van der Waals surface area (Å²) in [5.41, 5.74) is 3.94. The van der Waals surface area contributed by atoms with E-state index in [9.17, 15) is 4.79 Å². The molecule has 2 N–H and O–H groups in total. The fourth-order valence-corrected chi connectivity index (χ4v) is 4.73. The molecule has 3 heterocycles. The number of carbonyl (C=O) groups excluding carboxylic acids is 1. The Morgan fingerprint density at radius 2 is 2.10 bits per heavy atom. The molecule has 0 spiro atoms. The van der Waals surface area contributed by atoms with Gasteiger partial charge in [-0.2, -0.15) is 0 Å². The lowest BCUT2D eigenvalue weighted by Gasteiger charge is -2.26. The number of amides is 1. The summed E-state index contributed by atoms with van der Waals surface area (Å²) in [4.78, 5) is 19.8. The van der Waals surface area contributed by atoms with Crippen LogP contribution in [0.1, 0.15) is 33.4 Å². The number of aromatic amines is 1. The molecule has 0 bridgehead atoms. The van der Waals surface area contributed by atoms with E-state index in [1.54, 1.807) is 11.3 Å². The number of fused-ring (bicyclic) bond motifs is 1. The zero-order valence-corrected chi connectivity index (χ0v) is 17.7. The van der Waals surface area contributed by atoms with Gasteiger partial charge < -0.3 is 19.8 Å². The molecule has 0 aliphatic carbocycles. The second-order valence-electron chi connectivity index (χ2n) is 7.17. The molecule has 1 aliphatic rings. The van der Waals surface area contributed by atoms with Crippen molar-refractivity contribution in [3.8, 4) is 5.75 Å². The third-order valence-electron chi connectivity index (χ3n) is 5.21. The zero-order chi connectivity index (χ0) is 20.2. The Morgan fingerprint density at radius 1 is 1.31 bits per heavy atom. The summed E-state index contributed by atoms with van der Waals surface area (Å²) in [6.07, 6.45) is 0. The molecule has 1 aliphatic heterocycles. The van der Waals surface area contributed by atoms with Gasteiger partial charge >= 0.3 is 0 Å². The molecular weight excluding hydrogens is 386 g/mol. The zero-order valence-electron chi connectivity index (χ0n) is 16.9. The predicted molar refractivity (Wildman–Crippen MR) is 116 cm³/mol. The van der Waals surface area contributed by atoms with Gasteiger partial charge in [-0.1, -0.05) is 18.2 Å². The van der Waals surface area contributed by atoms with E-state index in [1.807, 2.05) is 37.3 Å². The standard InChI is InChI=1S/C22H27N3O3S/c1-3-28-19-7-5-4-6-16(19)13-23-22(26)18-12-20-21(24-18)17(15(2)29-20)14-25-8-10-27-11-9-25/h4-7,12,24H,3,8-11,13-14H2,1-2H3,(H,23,26). The predicted octanol–water partition coefficient (Wildman–Crippen LogP) is 3.70. The van der Waals surface area contributed by atoms with Gasteiger partial charge in [0.05, 0.1) is 30.0 Å². The highest BCUT2D eigenvalue weighted by atomic mass is 32.1. The summed E-state index contributed by atoms with van der Waals surface area (Å²) in [5, 5.41) is 3.01. The number of carbonyl (C=O) groups is 1. The number of hydrogen-bond acceptors (Lipinski definition) is 5. The Bertz CT molecular complexity index is 989. The number of H-pyrrole nitrogens is 1. The number of nitrogens with one attached hydrogen (secondary N) is 2. The minimum atomic E-state index is -0.102. The maximum absolute atomic E-state index is 12.7. The lowest BCUT2D eigenvalue weighted by Crippen LogP contribution is -2.35. The van der Waals surface area contributed by atoms with Crippen LogP contribution in [0.15, 0.2) is 30.3 Å². The van der Waals surface area contributed by atoms with Crippen molar-refractivity contribution in [2.45, 2.75) is 26.9 Å². The number of aromatic nitrogens is 1. The van der Waals surface area contributed by atoms with Crippen LogP contribution >= 0.6 is 11.3 Å². The summed E-state index contributed by atoms with van der Waals surface area (Å²) in [7, 11) is 0.